The van der Waals surface area contributed by atoms with Crippen LogP contribution in [0, 0.1) is 13.8 Å². The first kappa shape index (κ1) is 19.3. The van der Waals surface area contributed by atoms with Gasteiger partial charge in [-0.05, 0) is 63.8 Å². The van der Waals surface area contributed by atoms with Crippen molar-refractivity contribution >= 4 is 11.4 Å². The van der Waals surface area contributed by atoms with Crippen molar-refractivity contribution in [2.24, 2.45) is 10.3 Å². The van der Waals surface area contributed by atoms with Crippen LogP contribution in [-0.2, 0) is 0 Å². The molecule has 0 atom stereocenters. The molecule has 0 spiro atoms. The fraction of sp³-hybridized carbons (Fsp3) is 0.300. The predicted molar refractivity (Wildman–Crippen MR) is 101 cm³/mol. The molecule has 138 valence electrons. The Kier molecular flexibility index (Phi) is 6.60. The van der Waals surface area contributed by atoms with Gasteiger partial charge in [0.2, 0.25) is 0 Å². The van der Waals surface area contributed by atoms with Crippen LogP contribution in [0.5, 0.6) is 11.5 Å². The van der Waals surface area contributed by atoms with Crippen LogP contribution in [0.25, 0.3) is 0 Å². The number of hydrogen-bond acceptors (Lipinski definition) is 6. The molecule has 0 aliphatic heterocycles. The Balaban J connectivity index is 1.98. The van der Waals surface area contributed by atoms with Crippen molar-refractivity contribution in [3.05, 3.63) is 58.7 Å². The van der Waals surface area contributed by atoms with Crippen molar-refractivity contribution in [2.45, 2.75) is 39.5 Å². The van der Waals surface area contributed by atoms with E-state index in [1.54, 1.807) is 36.4 Å². The van der Waals surface area contributed by atoms with Crippen LogP contribution < -0.4 is 0 Å². The molecule has 2 aromatic rings. The third-order valence-corrected chi connectivity index (χ3v) is 4.24. The zero-order valence-electron chi connectivity index (χ0n) is 15.0. The van der Waals surface area contributed by atoms with E-state index in [2.05, 4.69) is 10.3 Å². The minimum absolute atomic E-state index is 0.0747. The van der Waals surface area contributed by atoms with Gasteiger partial charge in [-0.15, -0.1) is 0 Å². The van der Waals surface area contributed by atoms with Gasteiger partial charge in [0, 0.05) is 11.1 Å². The number of oxime groups is 2. The smallest absolute Gasteiger partial charge is 0.124 e. The molecule has 4 N–H and O–H groups in total. The largest absolute Gasteiger partial charge is 0.507 e. The molecule has 2 rings (SSSR count). The Hall–Kier alpha value is -3.02. The average molecular weight is 356 g/mol. The van der Waals surface area contributed by atoms with Crippen molar-refractivity contribution in [2.75, 3.05) is 0 Å². The Morgan fingerprint density at radius 3 is 1.46 bits per heavy atom. The van der Waals surface area contributed by atoms with Gasteiger partial charge in [-0.3, -0.25) is 0 Å². The third-order valence-electron chi connectivity index (χ3n) is 4.24. The van der Waals surface area contributed by atoms with E-state index in [0.29, 0.717) is 48.2 Å². The van der Waals surface area contributed by atoms with Crippen LogP contribution in [0.1, 0.15) is 47.9 Å². The molecule has 0 radical (unpaired) electrons. The first-order chi connectivity index (χ1) is 12.5. The van der Waals surface area contributed by atoms with Gasteiger partial charge in [-0.2, -0.15) is 0 Å². The van der Waals surface area contributed by atoms with E-state index in [0.717, 1.165) is 11.1 Å². The number of rotatable bonds is 7. The van der Waals surface area contributed by atoms with Crippen LogP contribution >= 0.6 is 0 Å². The summed E-state index contributed by atoms with van der Waals surface area (Å²) in [5, 5.41) is 45.1. The number of aromatic hydroxyl groups is 2. The minimum atomic E-state index is 0.0747. The van der Waals surface area contributed by atoms with Gasteiger partial charge < -0.3 is 20.6 Å². The highest BCUT2D eigenvalue weighted by Crippen LogP contribution is 2.24. The van der Waals surface area contributed by atoms with E-state index in [9.17, 15) is 20.6 Å². The van der Waals surface area contributed by atoms with Crippen LogP contribution in [0.2, 0.25) is 0 Å². The summed E-state index contributed by atoms with van der Waals surface area (Å²) in [4.78, 5) is 0. The van der Waals surface area contributed by atoms with Crippen LogP contribution in [-0.4, -0.2) is 32.1 Å². The molecule has 0 saturated carbocycles. The van der Waals surface area contributed by atoms with E-state index in [4.69, 9.17) is 0 Å². The highest BCUT2D eigenvalue weighted by Gasteiger charge is 2.13. The van der Waals surface area contributed by atoms with Crippen molar-refractivity contribution in [3.63, 3.8) is 0 Å². The number of unbranched alkanes of at least 4 members (excludes halogenated alkanes) is 1. The molecule has 0 aliphatic carbocycles. The number of hydrogen-bond donors (Lipinski definition) is 4. The first-order valence-corrected chi connectivity index (χ1v) is 8.48. The van der Waals surface area contributed by atoms with Gasteiger partial charge in [0.15, 0.2) is 0 Å². The van der Waals surface area contributed by atoms with E-state index < -0.39 is 0 Å². The lowest BCUT2D eigenvalue weighted by Gasteiger charge is -2.10. The van der Waals surface area contributed by atoms with E-state index in [-0.39, 0.29) is 11.5 Å². The summed E-state index contributed by atoms with van der Waals surface area (Å²) in [7, 11) is 0. The van der Waals surface area contributed by atoms with Gasteiger partial charge in [0.1, 0.15) is 11.5 Å². The number of nitrogens with zero attached hydrogens (tertiary/aromatic N) is 2. The molecule has 0 fully saturated rings. The molecule has 2 aromatic carbocycles. The molecular formula is C20H24N2O4. The second-order valence-corrected chi connectivity index (χ2v) is 6.34. The van der Waals surface area contributed by atoms with Gasteiger partial charge in [0.05, 0.1) is 11.4 Å². The SMILES string of the molecule is Cc1ccc(O)c(C(CCCCC(=NO)c2cc(C)ccc2O)=NO)c1. The predicted octanol–water partition coefficient (Wildman–Crippen LogP) is 4.33. The monoisotopic (exact) mass is 356 g/mol. The quantitative estimate of drug-likeness (QED) is 0.256. The first-order valence-electron chi connectivity index (χ1n) is 8.48. The van der Waals surface area contributed by atoms with Crippen molar-refractivity contribution in [3.8, 4) is 11.5 Å². The molecule has 0 amide bonds. The summed E-state index contributed by atoms with van der Waals surface area (Å²) >= 11 is 0. The highest BCUT2D eigenvalue weighted by atomic mass is 16.4. The maximum absolute atomic E-state index is 9.95. The topological polar surface area (TPSA) is 106 Å². The molecular weight excluding hydrogens is 332 g/mol. The average Bonchev–Trinajstić information content (AvgIpc) is 2.63. The lowest BCUT2D eigenvalue weighted by Crippen LogP contribution is -2.05. The maximum Gasteiger partial charge on any atom is 0.124 e. The fourth-order valence-electron chi connectivity index (χ4n) is 2.82. The Labute approximate surface area is 152 Å². The Morgan fingerprint density at radius 1 is 0.731 bits per heavy atom. The molecule has 0 heterocycles. The van der Waals surface area contributed by atoms with E-state index >= 15 is 0 Å². The lowest BCUT2D eigenvalue weighted by molar-refractivity contribution is 0.316. The summed E-state index contributed by atoms with van der Waals surface area (Å²) in [6.07, 6.45) is 2.26. The zero-order valence-corrected chi connectivity index (χ0v) is 15.0. The second-order valence-electron chi connectivity index (χ2n) is 6.34. The summed E-state index contributed by atoms with van der Waals surface area (Å²) in [6, 6.07) is 10.3. The minimum Gasteiger partial charge on any atom is -0.507 e. The van der Waals surface area contributed by atoms with Gasteiger partial charge >= 0.3 is 0 Å². The van der Waals surface area contributed by atoms with Crippen molar-refractivity contribution < 1.29 is 20.6 Å². The standard InChI is InChI=1S/C20H24N2O4/c1-13-7-9-19(23)15(11-13)17(21-25)5-3-4-6-18(22-26)16-12-14(2)8-10-20(16)24/h7-12,23-26H,3-6H2,1-2H3. The molecule has 0 unspecified atom stereocenters. The van der Waals surface area contributed by atoms with E-state index in [1.165, 1.54) is 0 Å². The van der Waals surface area contributed by atoms with Crippen LogP contribution in [0.15, 0.2) is 46.7 Å². The molecule has 0 saturated heterocycles. The molecule has 6 heteroatoms. The number of benzene rings is 2. The number of aryl methyl sites for hydroxylation is 2. The normalized spacial score (nSPS) is 12.4. The molecule has 0 aromatic heterocycles. The summed E-state index contributed by atoms with van der Waals surface area (Å²) in [5.74, 6) is 0.149. The van der Waals surface area contributed by atoms with Crippen LogP contribution in [0.4, 0.5) is 0 Å². The summed E-state index contributed by atoms with van der Waals surface area (Å²) in [5.41, 5.74) is 3.77. The lowest BCUT2D eigenvalue weighted by atomic mass is 9.98. The molecule has 26 heavy (non-hydrogen) atoms. The third kappa shape index (κ3) is 4.75. The second kappa shape index (κ2) is 8.89. The molecule has 0 bridgehead atoms. The number of phenols is 2. The number of phenolic OH excluding ortho intramolecular Hbond substituents is 2. The van der Waals surface area contributed by atoms with Gasteiger partial charge in [0.25, 0.3) is 0 Å². The van der Waals surface area contributed by atoms with Gasteiger partial charge in [-0.1, -0.05) is 33.6 Å². The Morgan fingerprint density at radius 2 is 1.12 bits per heavy atom. The van der Waals surface area contributed by atoms with Crippen molar-refractivity contribution in [1.82, 2.24) is 0 Å². The Bertz CT molecular complexity index is 759. The van der Waals surface area contributed by atoms with E-state index in [1.807, 2.05) is 13.8 Å². The zero-order chi connectivity index (χ0) is 19.1. The fourth-order valence-corrected chi connectivity index (χ4v) is 2.82. The maximum atomic E-state index is 9.95. The molecule has 0 aliphatic rings. The van der Waals surface area contributed by atoms with Crippen LogP contribution in [0.3, 0.4) is 0 Å². The highest BCUT2D eigenvalue weighted by molar-refractivity contribution is 6.03. The summed E-state index contributed by atoms with van der Waals surface area (Å²) < 4.78 is 0. The van der Waals surface area contributed by atoms with Crippen molar-refractivity contribution in [1.29, 1.82) is 0 Å². The van der Waals surface area contributed by atoms with Gasteiger partial charge in [-0.25, -0.2) is 0 Å². The summed E-state index contributed by atoms with van der Waals surface area (Å²) in [6.45, 7) is 3.80. The molecule has 6 nitrogen and oxygen atoms in total.